The Labute approximate surface area is 159 Å². The Bertz CT molecular complexity index is 380. The third-order valence-corrected chi connectivity index (χ3v) is 12.8. The van der Waals surface area contributed by atoms with Crippen LogP contribution in [0, 0.1) is 0 Å². The van der Waals surface area contributed by atoms with E-state index < -0.39 is 25.2 Å². The smallest absolute Gasteiger partial charge is 0.315 e. The highest BCUT2D eigenvalue weighted by Crippen LogP contribution is 2.23. The van der Waals surface area contributed by atoms with E-state index in [1.165, 1.54) is 0 Å². The molecule has 0 aromatic rings. The van der Waals surface area contributed by atoms with Gasteiger partial charge in [-0.1, -0.05) is 5.57 Å². The van der Waals surface area contributed by atoms with E-state index in [0.717, 1.165) is 31.3 Å². The highest BCUT2D eigenvalue weighted by molar-refractivity contribution is 6.87. The predicted octanol–water partition coefficient (Wildman–Crippen LogP) is 3.27. The summed E-state index contributed by atoms with van der Waals surface area (Å²) < 4.78 is 13.0. The maximum atomic E-state index is 9.78. The van der Waals surface area contributed by atoms with Crippen molar-refractivity contribution in [1.29, 1.82) is 0 Å². The molecule has 1 unspecified atom stereocenters. The second-order valence-corrected chi connectivity index (χ2v) is 21.9. The summed E-state index contributed by atoms with van der Waals surface area (Å²) in [5.41, 5.74) is 1.02. The molecule has 5 nitrogen and oxygen atoms in total. The molecule has 0 rings (SSSR count). The van der Waals surface area contributed by atoms with Gasteiger partial charge in [0.05, 0.1) is 6.10 Å². The van der Waals surface area contributed by atoms with E-state index in [2.05, 4.69) is 63.0 Å². The fourth-order valence-electron chi connectivity index (χ4n) is 2.78. The van der Waals surface area contributed by atoms with Crippen LogP contribution in [-0.2, 0) is 8.23 Å². The molecule has 0 saturated heterocycles. The standard InChI is InChI=1S/C17H42N2O3Si3/c1-16(2)14-17(20)15-19-11-10-18-12-13-25(9,21-23(3,4)5)22-24(6,7)8/h17-20H,1,10-15H2,2-9H3. The lowest BCUT2D eigenvalue weighted by molar-refractivity contribution is 0.172. The van der Waals surface area contributed by atoms with Crippen molar-refractivity contribution in [1.82, 2.24) is 10.6 Å². The maximum absolute atomic E-state index is 9.78. The van der Waals surface area contributed by atoms with E-state index in [-0.39, 0.29) is 6.10 Å². The lowest BCUT2D eigenvalue weighted by atomic mass is 10.1. The van der Waals surface area contributed by atoms with Crippen LogP contribution < -0.4 is 10.6 Å². The van der Waals surface area contributed by atoms with E-state index in [4.69, 9.17) is 8.23 Å². The van der Waals surface area contributed by atoms with Crippen molar-refractivity contribution in [3.63, 3.8) is 0 Å². The van der Waals surface area contributed by atoms with Crippen molar-refractivity contribution in [3.8, 4) is 0 Å². The Balaban J connectivity index is 4.12. The molecule has 0 aromatic carbocycles. The Kier molecular flexibility index (Phi) is 11.2. The van der Waals surface area contributed by atoms with Crippen LogP contribution in [0.25, 0.3) is 0 Å². The topological polar surface area (TPSA) is 62.8 Å². The van der Waals surface area contributed by atoms with Gasteiger partial charge in [-0.2, -0.15) is 0 Å². The maximum Gasteiger partial charge on any atom is 0.315 e. The van der Waals surface area contributed by atoms with Gasteiger partial charge in [-0.25, -0.2) is 0 Å². The van der Waals surface area contributed by atoms with Crippen molar-refractivity contribution < 1.29 is 13.3 Å². The van der Waals surface area contributed by atoms with Gasteiger partial charge < -0.3 is 24.0 Å². The minimum Gasteiger partial charge on any atom is -0.437 e. The number of hydrogen-bond donors (Lipinski definition) is 3. The normalized spacial score (nSPS) is 14.6. The molecular formula is C17H42N2O3Si3. The third kappa shape index (κ3) is 16.1. The van der Waals surface area contributed by atoms with Crippen LogP contribution in [0.3, 0.4) is 0 Å². The van der Waals surface area contributed by atoms with Gasteiger partial charge in [0.15, 0.2) is 16.6 Å². The zero-order valence-corrected chi connectivity index (χ0v) is 20.8. The first-order valence-electron chi connectivity index (χ1n) is 9.37. The van der Waals surface area contributed by atoms with Crippen LogP contribution in [0.1, 0.15) is 13.3 Å². The number of rotatable bonds is 14. The molecule has 0 aromatic heterocycles. The molecule has 0 fully saturated rings. The van der Waals surface area contributed by atoms with Gasteiger partial charge in [-0.3, -0.25) is 0 Å². The first-order valence-corrected chi connectivity index (χ1v) is 18.7. The highest BCUT2D eigenvalue weighted by atomic mass is 28.5. The number of hydrogen-bond acceptors (Lipinski definition) is 5. The molecule has 0 amide bonds. The van der Waals surface area contributed by atoms with E-state index in [0.29, 0.717) is 13.0 Å². The van der Waals surface area contributed by atoms with Crippen LogP contribution in [0.4, 0.5) is 0 Å². The highest BCUT2D eigenvalue weighted by Gasteiger charge is 2.39. The van der Waals surface area contributed by atoms with Crippen molar-refractivity contribution in [3.05, 3.63) is 12.2 Å². The summed E-state index contributed by atoms with van der Waals surface area (Å²) in [4.78, 5) is 0. The molecule has 0 aliphatic carbocycles. The van der Waals surface area contributed by atoms with Crippen LogP contribution in [-0.4, -0.2) is 62.6 Å². The van der Waals surface area contributed by atoms with E-state index in [1.807, 2.05) is 6.92 Å². The van der Waals surface area contributed by atoms with E-state index in [1.54, 1.807) is 0 Å². The quantitative estimate of drug-likeness (QED) is 0.235. The summed E-state index contributed by atoms with van der Waals surface area (Å²) >= 11 is 0. The summed E-state index contributed by atoms with van der Waals surface area (Å²) in [6.07, 6.45) is 0.315. The second kappa shape index (κ2) is 11.1. The fourth-order valence-corrected chi connectivity index (χ4v) is 15.1. The van der Waals surface area contributed by atoms with Gasteiger partial charge >= 0.3 is 8.56 Å². The van der Waals surface area contributed by atoms with Crippen LogP contribution in [0.5, 0.6) is 0 Å². The molecule has 0 aliphatic heterocycles. The molecule has 0 spiro atoms. The lowest BCUT2D eigenvalue weighted by Gasteiger charge is -2.38. The molecule has 0 radical (unpaired) electrons. The largest absolute Gasteiger partial charge is 0.437 e. The lowest BCUT2D eigenvalue weighted by Crippen LogP contribution is -2.53. The monoisotopic (exact) mass is 406 g/mol. The third-order valence-electron chi connectivity index (χ3n) is 3.24. The molecule has 0 heterocycles. The second-order valence-electron chi connectivity index (χ2n) is 9.08. The zero-order valence-electron chi connectivity index (χ0n) is 17.8. The van der Waals surface area contributed by atoms with Gasteiger partial charge in [-0.05, 0) is 65.7 Å². The average Bonchev–Trinajstić information content (AvgIpc) is 2.31. The van der Waals surface area contributed by atoms with Crippen LogP contribution in [0.2, 0.25) is 51.9 Å². The van der Waals surface area contributed by atoms with Gasteiger partial charge in [0.2, 0.25) is 0 Å². The van der Waals surface area contributed by atoms with Crippen LogP contribution >= 0.6 is 0 Å². The van der Waals surface area contributed by atoms with Crippen molar-refractivity contribution >= 4 is 25.2 Å². The molecule has 150 valence electrons. The molecule has 8 heteroatoms. The minimum absolute atomic E-state index is 0.344. The molecule has 25 heavy (non-hydrogen) atoms. The number of nitrogens with one attached hydrogen (secondary N) is 2. The SMILES string of the molecule is C=C(C)CC(O)CNCCNCC[Si](C)(O[Si](C)(C)C)O[Si](C)(C)C. The van der Waals surface area contributed by atoms with Crippen molar-refractivity contribution in [2.45, 2.75) is 71.3 Å². The van der Waals surface area contributed by atoms with Gasteiger partial charge in [0.25, 0.3) is 0 Å². The van der Waals surface area contributed by atoms with E-state index >= 15 is 0 Å². The Morgan fingerprint density at radius 3 is 1.84 bits per heavy atom. The van der Waals surface area contributed by atoms with Crippen molar-refractivity contribution in [2.75, 3.05) is 26.2 Å². The summed E-state index contributed by atoms with van der Waals surface area (Å²) in [6.45, 7) is 24.6. The molecular weight excluding hydrogens is 364 g/mol. The van der Waals surface area contributed by atoms with Gasteiger partial charge in [-0.15, -0.1) is 6.58 Å². The molecule has 3 N–H and O–H groups in total. The Morgan fingerprint density at radius 1 is 0.920 bits per heavy atom. The summed E-state index contributed by atoms with van der Waals surface area (Å²) in [7, 11) is -5.37. The number of aliphatic hydroxyl groups is 1. The number of aliphatic hydroxyl groups excluding tert-OH is 1. The van der Waals surface area contributed by atoms with Gasteiger partial charge in [0, 0.05) is 25.7 Å². The van der Waals surface area contributed by atoms with Crippen LogP contribution in [0.15, 0.2) is 12.2 Å². The zero-order chi connectivity index (χ0) is 19.7. The molecule has 0 bridgehead atoms. The average molecular weight is 407 g/mol. The molecule has 0 saturated carbocycles. The molecule has 1 atom stereocenters. The summed E-state index contributed by atoms with van der Waals surface area (Å²) in [6, 6.07) is 0.972. The van der Waals surface area contributed by atoms with Gasteiger partial charge in [0.1, 0.15) is 0 Å². The predicted molar refractivity (Wildman–Crippen MR) is 116 cm³/mol. The minimum atomic E-state index is -2.13. The fraction of sp³-hybridized carbons (Fsp3) is 0.882. The Hall–Kier alpha value is 0.191. The summed E-state index contributed by atoms with van der Waals surface area (Å²) in [5.74, 6) is 0. The Morgan fingerprint density at radius 2 is 1.40 bits per heavy atom. The first kappa shape index (κ1) is 25.2. The molecule has 0 aliphatic rings. The first-order chi connectivity index (χ1) is 11.2. The van der Waals surface area contributed by atoms with E-state index in [9.17, 15) is 5.11 Å². The van der Waals surface area contributed by atoms with Crippen molar-refractivity contribution in [2.24, 2.45) is 0 Å². The summed E-state index contributed by atoms with van der Waals surface area (Å²) in [5, 5.41) is 16.5.